The third-order valence-corrected chi connectivity index (χ3v) is 4.98. The van der Waals surface area contributed by atoms with Crippen LogP contribution in [0.4, 0.5) is 17.3 Å². The van der Waals surface area contributed by atoms with Gasteiger partial charge in [-0.2, -0.15) is 0 Å². The molecule has 2 aliphatic rings. The minimum atomic E-state index is -0.435. The van der Waals surface area contributed by atoms with Crippen LogP contribution in [0.2, 0.25) is 0 Å². The summed E-state index contributed by atoms with van der Waals surface area (Å²) in [7, 11) is 0. The van der Waals surface area contributed by atoms with Gasteiger partial charge >= 0.3 is 0 Å². The van der Waals surface area contributed by atoms with Crippen LogP contribution in [0.1, 0.15) is 32.6 Å². The molecule has 114 valence electrons. The van der Waals surface area contributed by atoms with E-state index >= 15 is 0 Å². The van der Waals surface area contributed by atoms with Gasteiger partial charge in [-0.1, -0.05) is 6.42 Å². The monoisotopic (exact) mass is 291 g/mol. The normalized spacial score (nSPS) is 28.4. The molecule has 0 radical (unpaired) electrons. The zero-order valence-corrected chi connectivity index (χ0v) is 12.1. The summed E-state index contributed by atoms with van der Waals surface area (Å²) >= 11 is 0. The first-order valence-electron chi connectivity index (χ1n) is 7.46. The molecule has 2 saturated carbocycles. The van der Waals surface area contributed by atoms with Crippen molar-refractivity contribution in [3.8, 4) is 0 Å². The molecule has 0 spiro atoms. The molecule has 7 heteroatoms. The van der Waals surface area contributed by atoms with Gasteiger partial charge in [0.25, 0.3) is 5.69 Å². The molecule has 2 fully saturated rings. The highest BCUT2D eigenvalue weighted by molar-refractivity contribution is 5.54. The van der Waals surface area contributed by atoms with Gasteiger partial charge in [-0.15, -0.1) is 0 Å². The number of nitrogens with one attached hydrogen (secondary N) is 2. The predicted octanol–water partition coefficient (Wildman–Crippen LogP) is 2.51. The molecule has 0 amide bonds. The van der Waals surface area contributed by atoms with E-state index in [1.807, 2.05) is 0 Å². The van der Waals surface area contributed by atoms with Crippen LogP contribution in [-0.4, -0.2) is 15.9 Å². The number of fused-ring (bicyclic) bond motifs is 2. The van der Waals surface area contributed by atoms with Crippen molar-refractivity contribution in [1.29, 1.82) is 0 Å². The quantitative estimate of drug-likeness (QED) is 0.437. The van der Waals surface area contributed by atoms with Crippen LogP contribution in [-0.2, 0) is 0 Å². The summed E-state index contributed by atoms with van der Waals surface area (Å²) < 4.78 is 0. The molecule has 0 aliphatic heterocycles. The van der Waals surface area contributed by atoms with Crippen molar-refractivity contribution in [2.75, 3.05) is 10.7 Å². The van der Waals surface area contributed by atoms with Crippen LogP contribution in [0.5, 0.6) is 0 Å². The van der Waals surface area contributed by atoms with Gasteiger partial charge in [0.05, 0.1) is 17.1 Å². The SMILES string of the molecule is CC(Nc1cc([N+](=O)[O-])cc(NN)n1)C1CC2CCC1C2. The first-order valence-corrected chi connectivity index (χ1v) is 7.46. The van der Waals surface area contributed by atoms with Crippen LogP contribution >= 0.6 is 0 Å². The van der Waals surface area contributed by atoms with Crippen molar-refractivity contribution in [2.45, 2.75) is 38.6 Å². The van der Waals surface area contributed by atoms with Gasteiger partial charge < -0.3 is 10.7 Å². The van der Waals surface area contributed by atoms with Crippen molar-refractivity contribution in [3.05, 3.63) is 22.2 Å². The molecule has 0 saturated heterocycles. The Balaban J connectivity index is 1.74. The van der Waals surface area contributed by atoms with Gasteiger partial charge in [-0.3, -0.25) is 10.1 Å². The number of hydrogen-bond donors (Lipinski definition) is 3. The molecule has 1 aromatic rings. The largest absolute Gasteiger partial charge is 0.367 e. The lowest BCUT2D eigenvalue weighted by Gasteiger charge is -2.28. The van der Waals surface area contributed by atoms with Crippen molar-refractivity contribution < 1.29 is 4.92 Å². The van der Waals surface area contributed by atoms with Gasteiger partial charge in [-0.25, -0.2) is 10.8 Å². The van der Waals surface area contributed by atoms with E-state index in [1.165, 1.54) is 37.8 Å². The van der Waals surface area contributed by atoms with Gasteiger partial charge in [0, 0.05) is 6.04 Å². The van der Waals surface area contributed by atoms with Crippen LogP contribution in [0.25, 0.3) is 0 Å². The van der Waals surface area contributed by atoms with Crippen molar-refractivity contribution in [3.63, 3.8) is 0 Å². The average molecular weight is 291 g/mol. The fraction of sp³-hybridized carbons (Fsp3) is 0.643. The number of aromatic nitrogens is 1. The maximum Gasteiger partial charge on any atom is 0.276 e. The van der Waals surface area contributed by atoms with E-state index in [2.05, 4.69) is 22.7 Å². The minimum Gasteiger partial charge on any atom is -0.367 e. The number of hydrogen-bond acceptors (Lipinski definition) is 6. The molecule has 4 unspecified atom stereocenters. The standard InChI is InChI=1S/C14H21N5O2/c1-8(12-5-9-2-3-10(12)4-9)16-13-6-11(19(20)21)7-14(17-13)18-15/h6-10,12H,2-5,15H2,1H3,(H2,16,17,18). The fourth-order valence-corrected chi connectivity index (χ4v) is 4.02. The van der Waals surface area contributed by atoms with Gasteiger partial charge in [0.15, 0.2) is 0 Å². The molecule has 1 aromatic heterocycles. The highest BCUT2D eigenvalue weighted by atomic mass is 16.6. The molecule has 2 bridgehead atoms. The van der Waals surface area contributed by atoms with E-state index in [4.69, 9.17) is 5.84 Å². The molecule has 21 heavy (non-hydrogen) atoms. The molecule has 7 nitrogen and oxygen atoms in total. The van der Waals surface area contributed by atoms with Crippen LogP contribution < -0.4 is 16.6 Å². The smallest absolute Gasteiger partial charge is 0.276 e. The van der Waals surface area contributed by atoms with Gasteiger partial charge in [0.2, 0.25) is 0 Å². The summed E-state index contributed by atoms with van der Waals surface area (Å²) in [5, 5.41) is 14.3. The summed E-state index contributed by atoms with van der Waals surface area (Å²) in [6.45, 7) is 2.14. The van der Waals surface area contributed by atoms with Crippen molar-refractivity contribution >= 4 is 17.3 Å². The van der Waals surface area contributed by atoms with E-state index in [-0.39, 0.29) is 11.7 Å². The molecule has 0 aromatic carbocycles. The highest BCUT2D eigenvalue weighted by Crippen LogP contribution is 2.49. The Kier molecular flexibility index (Phi) is 3.67. The molecule has 4 atom stereocenters. The zero-order chi connectivity index (χ0) is 15.0. The Hall–Kier alpha value is -1.89. The van der Waals surface area contributed by atoms with Gasteiger partial charge in [0.1, 0.15) is 11.6 Å². The van der Waals surface area contributed by atoms with Crippen LogP contribution in [0, 0.1) is 27.9 Å². The lowest BCUT2D eigenvalue weighted by molar-refractivity contribution is -0.384. The second-order valence-electron chi connectivity index (χ2n) is 6.27. The third kappa shape index (κ3) is 2.78. The number of hydrazine groups is 1. The highest BCUT2D eigenvalue weighted by Gasteiger charge is 2.41. The van der Waals surface area contributed by atoms with E-state index < -0.39 is 4.92 Å². The fourth-order valence-electron chi connectivity index (χ4n) is 4.02. The second kappa shape index (κ2) is 5.48. The lowest BCUT2D eigenvalue weighted by Crippen LogP contribution is -2.30. The lowest BCUT2D eigenvalue weighted by atomic mass is 9.84. The number of nitrogen functional groups attached to an aromatic ring is 1. The van der Waals surface area contributed by atoms with Crippen molar-refractivity contribution in [1.82, 2.24) is 4.98 Å². The number of nitrogens with zero attached hydrogens (tertiary/aromatic N) is 2. The zero-order valence-electron chi connectivity index (χ0n) is 12.1. The molecule has 1 heterocycles. The summed E-state index contributed by atoms with van der Waals surface area (Å²) in [6, 6.07) is 3.05. The Morgan fingerprint density at radius 3 is 2.71 bits per heavy atom. The minimum absolute atomic E-state index is 0.0133. The maximum absolute atomic E-state index is 10.9. The Morgan fingerprint density at radius 2 is 2.14 bits per heavy atom. The Labute approximate surface area is 123 Å². The number of pyridine rings is 1. The van der Waals surface area contributed by atoms with Crippen LogP contribution in [0.15, 0.2) is 12.1 Å². The molecule has 4 N–H and O–H groups in total. The van der Waals surface area contributed by atoms with Gasteiger partial charge in [-0.05, 0) is 43.9 Å². The summed E-state index contributed by atoms with van der Waals surface area (Å²) in [6.07, 6.45) is 5.29. The molecular formula is C14H21N5O2. The maximum atomic E-state index is 10.9. The number of nitro groups is 1. The Morgan fingerprint density at radius 1 is 1.38 bits per heavy atom. The first-order chi connectivity index (χ1) is 10.1. The molecule has 3 rings (SSSR count). The van der Waals surface area contributed by atoms with E-state index in [0.717, 1.165) is 11.8 Å². The number of anilines is 2. The van der Waals surface area contributed by atoms with Crippen molar-refractivity contribution in [2.24, 2.45) is 23.6 Å². The summed E-state index contributed by atoms with van der Waals surface area (Å²) in [5.41, 5.74) is 2.36. The summed E-state index contributed by atoms with van der Waals surface area (Å²) in [5.74, 6) is 8.44. The topological polar surface area (TPSA) is 106 Å². The number of rotatable bonds is 5. The predicted molar refractivity (Wildman–Crippen MR) is 80.7 cm³/mol. The number of nitrogens with two attached hydrogens (primary N) is 1. The van der Waals surface area contributed by atoms with Crippen LogP contribution in [0.3, 0.4) is 0 Å². The average Bonchev–Trinajstić information content (AvgIpc) is 3.09. The van der Waals surface area contributed by atoms with E-state index in [0.29, 0.717) is 17.6 Å². The Bertz CT molecular complexity index is 550. The van der Waals surface area contributed by atoms with E-state index in [9.17, 15) is 10.1 Å². The summed E-state index contributed by atoms with van der Waals surface area (Å²) in [4.78, 5) is 14.8. The molecular weight excluding hydrogens is 270 g/mol. The third-order valence-electron chi connectivity index (χ3n) is 4.98. The first kappa shape index (κ1) is 14.1. The van der Waals surface area contributed by atoms with E-state index in [1.54, 1.807) is 0 Å². The molecule has 2 aliphatic carbocycles. The second-order valence-corrected chi connectivity index (χ2v) is 6.27.